The van der Waals surface area contributed by atoms with Gasteiger partial charge in [0, 0.05) is 36.6 Å². The van der Waals surface area contributed by atoms with E-state index < -0.39 is 0 Å². The van der Waals surface area contributed by atoms with E-state index in [0.29, 0.717) is 36.8 Å². The molecule has 1 amide bonds. The van der Waals surface area contributed by atoms with Crippen LogP contribution in [0.2, 0.25) is 0 Å². The Morgan fingerprint density at radius 3 is 2.56 bits per heavy atom. The number of pyridine rings is 1. The molecular formula is C26H31N3O3. The highest BCUT2D eigenvalue weighted by atomic mass is 16.5. The average molecular weight is 434 g/mol. The molecule has 1 heterocycles. The van der Waals surface area contributed by atoms with Crippen molar-refractivity contribution in [1.29, 1.82) is 0 Å². The van der Waals surface area contributed by atoms with Crippen LogP contribution in [0.3, 0.4) is 0 Å². The van der Waals surface area contributed by atoms with Crippen molar-refractivity contribution in [1.82, 2.24) is 15.2 Å². The van der Waals surface area contributed by atoms with Crippen molar-refractivity contribution >= 4 is 5.91 Å². The Labute approximate surface area is 190 Å². The number of amides is 1. The molecule has 0 bridgehead atoms. The van der Waals surface area contributed by atoms with E-state index in [2.05, 4.69) is 46.5 Å². The molecule has 1 N–H and O–H groups in total. The van der Waals surface area contributed by atoms with E-state index in [9.17, 15) is 4.79 Å². The maximum atomic E-state index is 12.6. The molecule has 0 aliphatic rings. The SMILES string of the molecule is CCOc1cc(C(=O)NCCCN(C)Cc2ccccc2)ccc1OCc1cccnc1. The summed E-state index contributed by atoms with van der Waals surface area (Å²) in [5, 5.41) is 2.99. The van der Waals surface area contributed by atoms with Gasteiger partial charge in [-0.2, -0.15) is 0 Å². The lowest BCUT2D eigenvalue weighted by molar-refractivity contribution is 0.0951. The molecule has 0 fully saturated rings. The van der Waals surface area contributed by atoms with Crippen molar-refractivity contribution in [3.8, 4) is 11.5 Å². The predicted octanol–water partition coefficient (Wildman–Crippen LogP) is 4.31. The maximum absolute atomic E-state index is 12.6. The molecule has 3 rings (SSSR count). The number of hydrogen-bond acceptors (Lipinski definition) is 5. The number of aromatic nitrogens is 1. The molecule has 0 radical (unpaired) electrons. The minimum atomic E-state index is -0.115. The fraction of sp³-hybridized carbons (Fsp3) is 0.308. The van der Waals surface area contributed by atoms with Gasteiger partial charge in [-0.15, -0.1) is 0 Å². The number of carbonyl (C=O) groups is 1. The number of carbonyl (C=O) groups excluding carboxylic acids is 1. The lowest BCUT2D eigenvalue weighted by atomic mass is 10.2. The van der Waals surface area contributed by atoms with Crippen molar-refractivity contribution in [2.75, 3.05) is 26.7 Å². The van der Waals surface area contributed by atoms with E-state index in [4.69, 9.17) is 9.47 Å². The summed E-state index contributed by atoms with van der Waals surface area (Å²) in [6, 6.07) is 19.5. The fourth-order valence-corrected chi connectivity index (χ4v) is 3.31. The van der Waals surface area contributed by atoms with Crippen LogP contribution in [0.25, 0.3) is 0 Å². The number of nitrogens with zero attached hydrogens (tertiary/aromatic N) is 2. The van der Waals surface area contributed by atoms with Crippen LogP contribution in [-0.4, -0.2) is 42.5 Å². The molecule has 0 spiro atoms. The molecule has 0 aliphatic carbocycles. The van der Waals surface area contributed by atoms with Crippen LogP contribution in [0.1, 0.15) is 34.8 Å². The summed E-state index contributed by atoms with van der Waals surface area (Å²) >= 11 is 0. The van der Waals surface area contributed by atoms with E-state index in [0.717, 1.165) is 25.1 Å². The molecular weight excluding hydrogens is 402 g/mol. The van der Waals surface area contributed by atoms with E-state index in [1.54, 1.807) is 30.6 Å². The molecule has 1 aromatic heterocycles. The molecule has 0 saturated heterocycles. The Morgan fingerprint density at radius 2 is 1.81 bits per heavy atom. The van der Waals surface area contributed by atoms with Gasteiger partial charge in [-0.3, -0.25) is 9.78 Å². The lowest BCUT2D eigenvalue weighted by Crippen LogP contribution is -2.28. The summed E-state index contributed by atoms with van der Waals surface area (Å²) in [6.45, 7) is 5.19. The van der Waals surface area contributed by atoms with Crippen LogP contribution in [0.15, 0.2) is 73.1 Å². The van der Waals surface area contributed by atoms with E-state index in [1.165, 1.54) is 5.56 Å². The van der Waals surface area contributed by atoms with Gasteiger partial charge in [-0.05, 0) is 56.8 Å². The van der Waals surface area contributed by atoms with Gasteiger partial charge in [0.2, 0.25) is 0 Å². The van der Waals surface area contributed by atoms with Gasteiger partial charge in [-0.25, -0.2) is 0 Å². The summed E-state index contributed by atoms with van der Waals surface area (Å²) in [5.74, 6) is 1.05. The fourth-order valence-electron chi connectivity index (χ4n) is 3.31. The van der Waals surface area contributed by atoms with Crippen LogP contribution >= 0.6 is 0 Å². The van der Waals surface area contributed by atoms with Crippen LogP contribution in [0.5, 0.6) is 11.5 Å². The zero-order chi connectivity index (χ0) is 22.6. The summed E-state index contributed by atoms with van der Waals surface area (Å²) in [6.07, 6.45) is 4.36. The summed E-state index contributed by atoms with van der Waals surface area (Å²) in [5.41, 5.74) is 2.81. The van der Waals surface area contributed by atoms with Gasteiger partial charge >= 0.3 is 0 Å². The second kappa shape index (κ2) is 12.5. The number of benzene rings is 2. The Kier molecular flexibility index (Phi) is 9.07. The standard InChI is InChI=1S/C26H31N3O3/c1-3-31-25-17-23(12-13-24(25)32-20-22-11-7-14-27-18-22)26(30)28-15-8-16-29(2)19-21-9-5-4-6-10-21/h4-7,9-14,17-18H,3,8,15-16,19-20H2,1-2H3,(H,28,30). The molecule has 0 saturated carbocycles. The van der Waals surface area contributed by atoms with Crippen LogP contribution in [0, 0.1) is 0 Å². The van der Waals surface area contributed by atoms with Gasteiger partial charge in [0.05, 0.1) is 6.61 Å². The summed E-state index contributed by atoms with van der Waals surface area (Å²) < 4.78 is 11.6. The molecule has 6 heteroatoms. The summed E-state index contributed by atoms with van der Waals surface area (Å²) in [4.78, 5) is 18.9. The molecule has 0 aliphatic heterocycles. The first-order valence-electron chi connectivity index (χ1n) is 10.9. The first-order chi connectivity index (χ1) is 15.7. The number of nitrogens with one attached hydrogen (secondary N) is 1. The highest BCUT2D eigenvalue weighted by molar-refractivity contribution is 5.94. The number of rotatable bonds is 12. The Bertz CT molecular complexity index is 965. The third-order valence-corrected chi connectivity index (χ3v) is 4.92. The van der Waals surface area contributed by atoms with Crippen molar-refractivity contribution < 1.29 is 14.3 Å². The monoisotopic (exact) mass is 433 g/mol. The van der Waals surface area contributed by atoms with E-state index in [-0.39, 0.29) is 5.91 Å². The zero-order valence-electron chi connectivity index (χ0n) is 18.8. The molecule has 3 aromatic rings. The molecule has 32 heavy (non-hydrogen) atoms. The van der Waals surface area contributed by atoms with Crippen LogP contribution in [0.4, 0.5) is 0 Å². The van der Waals surface area contributed by atoms with E-state index >= 15 is 0 Å². The first kappa shape index (κ1) is 23.3. The van der Waals surface area contributed by atoms with Gasteiger partial charge in [0.1, 0.15) is 6.61 Å². The van der Waals surface area contributed by atoms with Gasteiger partial charge < -0.3 is 19.7 Å². The van der Waals surface area contributed by atoms with Crippen molar-refractivity contribution in [3.63, 3.8) is 0 Å². The smallest absolute Gasteiger partial charge is 0.251 e. The van der Waals surface area contributed by atoms with Crippen LogP contribution in [-0.2, 0) is 13.2 Å². The molecule has 168 valence electrons. The minimum Gasteiger partial charge on any atom is -0.490 e. The largest absolute Gasteiger partial charge is 0.490 e. The topological polar surface area (TPSA) is 63.7 Å². The quantitative estimate of drug-likeness (QED) is 0.431. The zero-order valence-corrected chi connectivity index (χ0v) is 18.8. The normalized spacial score (nSPS) is 10.7. The number of hydrogen-bond donors (Lipinski definition) is 1. The Balaban J connectivity index is 1.48. The summed E-state index contributed by atoms with van der Waals surface area (Å²) in [7, 11) is 2.09. The number of ether oxygens (including phenoxy) is 2. The highest BCUT2D eigenvalue weighted by Crippen LogP contribution is 2.29. The third kappa shape index (κ3) is 7.39. The van der Waals surface area contributed by atoms with Gasteiger partial charge in [-0.1, -0.05) is 36.4 Å². The van der Waals surface area contributed by atoms with Crippen molar-refractivity contribution in [3.05, 3.63) is 89.7 Å². The van der Waals surface area contributed by atoms with Gasteiger partial charge in [0.15, 0.2) is 11.5 Å². The molecule has 2 aromatic carbocycles. The Morgan fingerprint density at radius 1 is 1.00 bits per heavy atom. The third-order valence-electron chi connectivity index (χ3n) is 4.92. The minimum absolute atomic E-state index is 0.115. The van der Waals surface area contributed by atoms with Crippen molar-refractivity contribution in [2.45, 2.75) is 26.5 Å². The average Bonchev–Trinajstić information content (AvgIpc) is 2.82. The molecule has 6 nitrogen and oxygen atoms in total. The maximum Gasteiger partial charge on any atom is 0.251 e. The highest BCUT2D eigenvalue weighted by Gasteiger charge is 2.12. The second-order valence-corrected chi connectivity index (χ2v) is 7.58. The van der Waals surface area contributed by atoms with Gasteiger partial charge in [0.25, 0.3) is 5.91 Å². The second-order valence-electron chi connectivity index (χ2n) is 7.58. The van der Waals surface area contributed by atoms with Crippen molar-refractivity contribution in [2.24, 2.45) is 0 Å². The predicted molar refractivity (Wildman–Crippen MR) is 126 cm³/mol. The Hall–Kier alpha value is -3.38. The lowest BCUT2D eigenvalue weighted by Gasteiger charge is -2.17. The first-order valence-corrected chi connectivity index (χ1v) is 10.9. The molecule has 0 unspecified atom stereocenters. The van der Waals surface area contributed by atoms with Crippen LogP contribution < -0.4 is 14.8 Å². The van der Waals surface area contributed by atoms with E-state index in [1.807, 2.05) is 25.1 Å². The molecule has 0 atom stereocenters.